The van der Waals surface area contributed by atoms with Crippen molar-refractivity contribution in [3.05, 3.63) is 88.9 Å². The molecule has 3 amide bonds. The topological polar surface area (TPSA) is 168 Å². The van der Waals surface area contributed by atoms with Crippen LogP contribution in [0, 0.1) is 5.82 Å². The number of amides is 3. The highest BCUT2D eigenvalue weighted by Gasteiger charge is 2.39. The number of ether oxygens (including phenoxy) is 1. The van der Waals surface area contributed by atoms with Gasteiger partial charge < -0.3 is 39.6 Å². The lowest BCUT2D eigenvalue weighted by atomic mass is 9.99. The summed E-state index contributed by atoms with van der Waals surface area (Å²) in [6.07, 6.45) is 8.87. The van der Waals surface area contributed by atoms with Crippen LogP contribution in [0.5, 0.6) is 5.75 Å². The van der Waals surface area contributed by atoms with E-state index in [2.05, 4.69) is 54.7 Å². The number of anilines is 5. The number of methoxy groups -OCH3 is 1. The normalized spacial score (nSPS) is 18.7. The van der Waals surface area contributed by atoms with E-state index in [-0.39, 0.29) is 37.0 Å². The summed E-state index contributed by atoms with van der Waals surface area (Å²) in [6, 6.07) is 16.8. The van der Waals surface area contributed by atoms with Gasteiger partial charge in [0.15, 0.2) is 0 Å². The van der Waals surface area contributed by atoms with Gasteiger partial charge >= 0.3 is 0 Å². The number of rotatable bonds is 16. The molecule has 4 aliphatic heterocycles. The van der Waals surface area contributed by atoms with Crippen LogP contribution in [0.1, 0.15) is 78.9 Å². The Balaban J connectivity index is 0.742. The highest BCUT2D eigenvalue weighted by Crippen LogP contribution is 2.40. The predicted octanol–water partition coefficient (Wildman–Crippen LogP) is 7.16. The number of fused-ring (bicyclic) bond motifs is 2. The molecular weight excluding hydrogens is 871 g/mol. The maximum atomic E-state index is 15.1. The zero-order valence-corrected chi connectivity index (χ0v) is 39.9. The van der Waals surface area contributed by atoms with Crippen molar-refractivity contribution in [1.82, 2.24) is 35.0 Å². The average Bonchev–Trinajstić information content (AvgIpc) is 3.92. The Bertz CT molecular complexity index is 2710. The first-order valence-electron chi connectivity index (χ1n) is 23.8. The van der Waals surface area contributed by atoms with E-state index < -0.39 is 19.1 Å². The van der Waals surface area contributed by atoms with Crippen molar-refractivity contribution in [2.24, 2.45) is 0 Å². The molecule has 3 fully saturated rings. The fourth-order valence-corrected chi connectivity index (χ4v) is 11.5. The summed E-state index contributed by atoms with van der Waals surface area (Å²) in [4.78, 5) is 59.2. The van der Waals surface area contributed by atoms with Crippen molar-refractivity contribution in [2.75, 3.05) is 81.8 Å². The van der Waals surface area contributed by atoms with Gasteiger partial charge in [0.05, 0.1) is 23.9 Å². The molecule has 0 aliphatic carbocycles. The third-order valence-electron chi connectivity index (χ3n) is 14.0. The van der Waals surface area contributed by atoms with Crippen molar-refractivity contribution >= 4 is 70.0 Å². The van der Waals surface area contributed by atoms with Gasteiger partial charge in [0.1, 0.15) is 36.2 Å². The zero-order valence-electron chi connectivity index (χ0n) is 39.0. The number of unbranched alkanes of at least 4 members (excludes halogenated alkanes) is 2. The van der Waals surface area contributed by atoms with Crippen LogP contribution in [0.3, 0.4) is 0 Å². The molecule has 67 heavy (non-hydrogen) atoms. The van der Waals surface area contributed by atoms with Crippen molar-refractivity contribution in [1.29, 1.82) is 0 Å². The summed E-state index contributed by atoms with van der Waals surface area (Å²) in [5.74, 6) is 0.219. The van der Waals surface area contributed by atoms with Crippen LogP contribution in [0.15, 0.2) is 60.8 Å². The van der Waals surface area contributed by atoms with E-state index in [1.807, 2.05) is 36.5 Å². The first kappa shape index (κ1) is 46.3. The Hall–Kier alpha value is -5.83. The number of aryl methyl sites for hydroxylation is 2. The number of aromatic amines is 1. The molecule has 5 aromatic rings. The Morgan fingerprint density at radius 1 is 0.881 bits per heavy atom. The summed E-state index contributed by atoms with van der Waals surface area (Å²) >= 11 is 0. The number of hydrogen-bond acceptors (Lipinski definition) is 12. The Kier molecular flexibility index (Phi) is 13.7. The molecule has 3 aromatic carbocycles. The van der Waals surface area contributed by atoms with Crippen molar-refractivity contribution in [3.8, 4) is 5.75 Å². The number of carbonyl (C=O) groups excluding carboxylic acids is 3. The van der Waals surface area contributed by atoms with Crippen LogP contribution in [-0.2, 0) is 33.5 Å². The van der Waals surface area contributed by atoms with Crippen LogP contribution >= 0.6 is 7.14 Å². The minimum atomic E-state index is -2.55. The number of hydrogen-bond donors (Lipinski definition) is 4. The molecular formula is C50H62FN10O5P. The molecule has 2 aromatic heterocycles. The summed E-state index contributed by atoms with van der Waals surface area (Å²) in [5, 5.41) is 10.8. The van der Waals surface area contributed by atoms with Crippen molar-refractivity contribution in [2.45, 2.75) is 83.3 Å². The first-order chi connectivity index (χ1) is 32.4. The molecule has 17 heteroatoms. The lowest BCUT2D eigenvalue weighted by Crippen LogP contribution is -2.53. The molecule has 0 radical (unpaired) electrons. The number of aromatic nitrogens is 3. The molecule has 1 unspecified atom stereocenters. The summed E-state index contributed by atoms with van der Waals surface area (Å²) in [5.41, 5.74) is 6.30. The van der Waals surface area contributed by atoms with E-state index >= 15 is 4.39 Å². The van der Waals surface area contributed by atoms with Crippen LogP contribution in [0.2, 0.25) is 0 Å². The smallest absolute Gasteiger partial charge is 0.255 e. The summed E-state index contributed by atoms with van der Waals surface area (Å²) in [7, 11) is -0.862. The summed E-state index contributed by atoms with van der Waals surface area (Å²) < 4.78 is 34.3. The molecule has 6 heterocycles. The molecule has 1 atom stereocenters. The van der Waals surface area contributed by atoms with Gasteiger partial charge in [-0.25, -0.2) is 4.39 Å². The molecule has 9 rings (SSSR count). The number of piperidine rings is 2. The number of para-hydroxylation sites is 1. The van der Waals surface area contributed by atoms with Gasteiger partial charge in [-0.2, -0.15) is 9.97 Å². The van der Waals surface area contributed by atoms with Gasteiger partial charge in [-0.1, -0.05) is 31.5 Å². The Morgan fingerprint density at radius 3 is 2.42 bits per heavy atom. The number of halogens is 1. The molecule has 4 aliphatic rings. The second kappa shape index (κ2) is 19.8. The van der Waals surface area contributed by atoms with Gasteiger partial charge in [0.2, 0.25) is 17.8 Å². The second-order valence-corrected chi connectivity index (χ2v) is 21.9. The third kappa shape index (κ3) is 10.1. The van der Waals surface area contributed by atoms with Crippen LogP contribution < -0.4 is 30.9 Å². The Labute approximate surface area is 391 Å². The van der Waals surface area contributed by atoms with Crippen LogP contribution in [0.4, 0.5) is 33.2 Å². The van der Waals surface area contributed by atoms with Crippen LogP contribution in [0.25, 0.3) is 11.0 Å². The maximum Gasteiger partial charge on any atom is 0.255 e. The van der Waals surface area contributed by atoms with Gasteiger partial charge in [0.25, 0.3) is 5.91 Å². The molecule has 0 saturated carbocycles. The molecule has 3 saturated heterocycles. The maximum absolute atomic E-state index is 15.1. The SMILES string of the molecule is CCc1cc(Nc2nc(Nc3ccccc3P(C)(C)=O)c3cc[nH]c3n2)c(OC)cc1N1CCC(N2CCN(CCCCCc3cc4c(cc3F)C(=O)N(C3CCC(=O)NC3=O)C4)CC2)CC1. The van der Waals surface area contributed by atoms with Gasteiger partial charge in [-0.05, 0) is 112 Å². The monoisotopic (exact) mass is 932 g/mol. The largest absolute Gasteiger partial charge is 0.494 e. The summed E-state index contributed by atoms with van der Waals surface area (Å²) in [6.45, 7) is 13.2. The molecule has 15 nitrogen and oxygen atoms in total. The average molecular weight is 933 g/mol. The number of carbonyl (C=O) groups is 3. The fourth-order valence-electron chi connectivity index (χ4n) is 10.3. The van der Waals surface area contributed by atoms with Gasteiger partial charge in [-0.15, -0.1) is 0 Å². The minimum Gasteiger partial charge on any atom is -0.494 e. The van der Waals surface area contributed by atoms with E-state index in [1.165, 1.54) is 22.2 Å². The lowest BCUT2D eigenvalue weighted by Gasteiger charge is -2.43. The van der Waals surface area contributed by atoms with Crippen LogP contribution in [-0.4, -0.2) is 126 Å². The number of H-pyrrole nitrogens is 1. The molecule has 354 valence electrons. The van der Waals surface area contributed by atoms with Gasteiger partial charge in [0, 0.05) is 87.1 Å². The second-order valence-electron chi connectivity index (χ2n) is 18.7. The van der Waals surface area contributed by atoms with E-state index in [0.29, 0.717) is 46.8 Å². The highest BCUT2D eigenvalue weighted by atomic mass is 31.2. The fraction of sp³-hybridized carbons (Fsp3) is 0.460. The number of imide groups is 1. The molecule has 0 spiro atoms. The van der Waals surface area contributed by atoms with Crippen molar-refractivity contribution < 1.29 is 28.1 Å². The van der Waals surface area contributed by atoms with E-state index in [9.17, 15) is 18.9 Å². The van der Waals surface area contributed by atoms with E-state index in [4.69, 9.17) is 14.7 Å². The zero-order chi connectivity index (χ0) is 46.8. The van der Waals surface area contributed by atoms with Crippen molar-refractivity contribution in [3.63, 3.8) is 0 Å². The Morgan fingerprint density at radius 2 is 1.67 bits per heavy atom. The quantitative estimate of drug-likeness (QED) is 0.0449. The molecule has 4 N–H and O–H groups in total. The van der Waals surface area contributed by atoms with E-state index in [0.717, 1.165) is 112 Å². The number of benzene rings is 3. The minimum absolute atomic E-state index is 0.189. The number of nitrogens with zero attached hydrogens (tertiary/aromatic N) is 6. The highest BCUT2D eigenvalue weighted by molar-refractivity contribution is 7.70. The van der Waals surface area contributed by atoms with Gasteiger partial charge in [-0.3, -0.25) is 24.6 Å². The lowest BCUT2D eigenvalue weighted by molar-refractivity contribution is -0.136. The van der Waals surface area contributed by atoms with E-state index in [1.54, 1.807) is 26.5 Å². The molecule has 0 bridgehead atoms. The predicted molar refractivity (Wildman–Crippen MR) is 262 cm³/mol. The number of piperazine rings is 1. The first-order valence-corrected chi connectivity index (χ1v) is 26.4. The number of nitrogens with one attached hydrogen (secondary N) is 4. The standard InChI is InChI=1S/C50H62FN10O5P/c1-5-32-28-40(54-50-56-46-36(16-19-52-46)47(57-50)53-39-12-8-9-13-44(39)67(3,4)65)43(66-2)30-42(32)60-21-17-35(18-22-60)59-25-23-58(24-26-59)20-10-6-7-11-33-27-34-31-61(49(64)37(34)29-38(33)51)41-14-15-45(62)55-48(41)63/h8-9,12-13,16,19,27-30,35,41H,5-7,10-11,14-15,17-18,20-26,31H2,1-4H3,(H,55,62,63)(H3,52,53,54,56,57). The third-order valence-corrected chi connectivity index (χ3v) is 15.6.